The summed E-state index contributed by atoms with van der Waals surface area (Å²) in [5.41, 5.74) is 0. The Morgan fingerprint density at radius 1 is 1.45 bits per heavy atom. The highest BCUT2D eigenvalue weighted by Crippen LogP contribution is 2.02. The van der Waals surface area contributed by atoms with Gasteiger partial charge in [-0.05, 0) is 7.05 Å². The van der Waals surface area contributed by atoms with Crippen LogP contribution < -0.4 is 5.32 Å². The van der Waals surface area contributed by atoms with Gasteiger partial charge in [0.05, 0.1) is 5.02 Å². The molecule has 4 heteroatoms. The van der Waals surface area contributed by atoms with E-state index in [0.29, 0.717) is 5.02 Å². The van der Waals surface area contributed by atoms with Gasteiger partial charge < -0.3 is 5.32 Å². The molecule has 0 aliphatic carbocycles. The Hall–Kier alpha value is -0.670. The van der Waals surface area contributed by atoms with Crippen molar-refractivity contribution >= 4 is 11.6 Å². The second-order valence-corrected chi connectivity index (χ2v) is 2.61. The monoisotopic (exact) mass is 171 g/mol. The number of hydrogen-bond acceptors (Lipinski definition) is 3. The lowest BCUT2D eigenvalue weighted by molar-refractivity contribution is 0.755. The molecule has 0 amide bonds. The molecule has 11 heavy (non-hydrogen) atoms. The van der Waals surface area contributed by atoms with Crippen molar-refractivity contribution in [2.75, 3.05) is 13.6 Å². The zero-order valence-electron chi connectivity index (χ0n) is 6.34. The van der Waals surface area contributed by atoms with Crippen LogP contribution >= 0.6 is 11.6 Å². The lowest BCUT2D eigenvalue weighted by Gasteiger charge is -1.97. The van der Waals surface area contributed by atoms with E-state index in [-0.39, 0.29) is 0 Å². The van der Waals surface area contributed by atoms with Crippen LogP contribution in [-0.2, 0) is 6.42 Å². The summed E-state index contributed by atoms with van der Waals surface area (Å²) in [5.74, 6) is 0.823. The molecule has 0 aromatic carbocycles. The molecule has 60 valence electrons. The molecular formula is C7H10ClN3. The maximum absolute atomic E-state index is 5.61. The Kier molecular flexibility index (Phi) is 3.26. The Bertz CT molecular complexity index is 209. The summed E-state index contributed by atoms with van der Waals surface area (Å²) in [7, 11) is 1.90. The first-order chi connectivity index (χ1) is 5.33. The summed E-state index contributed by atoms with van der Waals surface area (Å²) in [4.78, 5) is 8.07. The van der Waals surface area contributed by atoms with Gasteiger partial charge in [-0.15, -0.1) is 0 Å². The first-order valence-corrected chi connectivity index (χ1v) is 3.82. The molecule has 0 radical (unpaired) electrons. The fraction of sp³-hybridized carbons (Fsp3) is 0.429. The van der Waals surface area contributed by atoms with E-state index in [9.17, 15) is 0 Å². The molecule has 3 nitrogen and oxygen atoms in total. The maximum atomic E-state index is 5.61. The molecule has 0 saturated heterocycles. The lowest BCUT2D eigenvalue weighted by Crippen LogP contribution is -2.11. The molecule has 0 unspecified atom stereocenters. The molecule has 0 saturated carbocycles. The number of aromatic nitrogens is 2. The third kappa shape index (κ3) is 2.82. The van der Waals surface area contributed by atoms with Crippen LogP contribution in [0.1, 0.15) is 5.82 Å². The smallest absolute Gasteiger partial charge is 0.129 e. The van der Waals surface area contributed by atoms with E-state index >= 15 is 0 Å². The van der Waals surface area contributed by atoms with Crippen LogP contribution in [0.5, 0.6) is 0 Å². The van der Waals surface area contributed by atoms with Gasteiger partial charge in [0.15, 0.2) is 0 Å². The molecule has 1 N–H and O–H groups in total. The molecule has 0 fully saturated rings. The van der Waals surface area contributed by atoms with Crippen molar-refractivity contribution in [2.45, 2.75) is 6.42 Å². The topological polar surface area (TPSA) is 37.8 Å². The summed E-state index contributed by atoms with van der Waals surface area (Å²) in [6, 6.07) is 0. The number of hydrogen-bond donors (Lipinski definition) is 1. The molecule has 1 aromatic heterocycles. The molecule has 0 atom stereocenters. The van der Waals surface area contributed by atoms with E-state index in [1.165, 1.54) is 0 Å². The minimum Gasteiger partial charge on any atom is -0.319 e. The summed E-state index contributed by atoms with van der Waals surface area (Å²) in [6.45, 7) is 0.891. The van der Waals surface area contributed by atoms with Crippen molar-refractivity contribution in [3.05, 3.63) is 23.2 Å². The lowest BCUT2D eigenvalue weighted by atomic mass is 10.4. The Labute approximate surface area is 70.8 Å². The summed E-state index contributed by atoms with van der Waals surface area (Å²) in [6.07, 6.45) is 4.06. The van der Waals surface area contributed by atoms with Gasteiger partial charge in [0.2, 0.25) is 0 Å². The van der Waals surface area contributed by atoms with Gasteiger partial charge in [0, 0.05) is 25.4 Å². The van der Waals surface area contributed by atoms with Gasteiger partial charge in [-0.1, -0.05) is 11.6 Å². The zero-order valence-corrected chi connectivity index (χ0v) is 7.10. The van der Waals surface area contributed by atoms with E-state index in [0.717, 1.165) is 18.8 Å². The van der Waals surface area contributed by atoms with Gasteiger partial charge in [-0.2, -0.15) is 0 Å². The quantitative estimate of drug-likeness (QED) is 0.734. The molecule has 1 rings (SSSR count). The molecule has 0 aliphatic rings. The van der Waals surface area contributed by atoms with E-state index in [4.69, 9.17) is 11.6 Å². The number of likely N-dealkylation sites (N-methyl/N-ethyl adjacent to an activating group) is 1. The highest BCUT2D eigenvalue weighted by atomic mass is 35.5. The fourth-order valence-electron chi connectivity index (χ4n) is 0.705. The van der Waals surface area contributed by atoms with Crippen molar-refractivity contribution in [1.29, 1.82) is 0 Å². The minimum atomic E-state index is 0.582. The van der Waals surface area contributed by atoms with Gasteiger partial charge in [0.1, 0.15) is 5.82 Å². The predicted molar refractivity (Wildman–Crippen MR) is 44.7 cm³/mol. The molecular weight excluding hydrogens is 162 g/mol. The van der Waals surface area contributed by atoms with Crippen molar-refractivity contribution < 1.29 is 0 Å². The normalized spacial score (nSPS) is 10.0. The first-order valence-electron chi connectivity index (χ1n) is 3.44. The summed E-state index contributed by atoms with van der Waals surface area (Å²) >= 11 is 5.61. The average Bonchev–Trinajstić information content (AvgIpc) is 2.04. The van der Waals surface area contributed by atoms with Crippen LogP contribution in [0, 0.1) is 0 Å². The zero-order chi connectivity index (χ0) is 8.10. The van der Waals surface area contributed by atoms with Crippen LogP contribution in [0.4, 0.5) is 0 Å². The Morgan fingerprint density at radius 2 is 2.09 bits per heavy atom. The van der Waals surface area contributed by atoms with Gasteiger partial charge in [-0.25, -0.2) is 9.97 Å². The third-order valence-electron chi connectivity index (χ3n) is 1.27. The second-order valence-electron chi connectivity index (χ2n) is 2.17. The van der Waals surface area contributed by atoms with E-state index in [1.54, 1.807) is 12.4 Å². The fourth-order valence-corrected chi connectivity index (χ4v) is 0.803. The molecule has 0 aliphatic heterocycles. The van der Waals surface area contributed by atoms with Crippen LogP contribution in [0.3, 0.4) is 0 Å². The molecule has 1 aromatic rings. The largest absolute Gasteiger partial charge is 0.319 e. The SMILES string of the molecule is CNCCc1ncc(Cl)cn1. The van der Waals surface area contributed by atoms with E-state index in [2.05, 4.69) is 15.3 Å². The van der Waals surface area contributed by atoms with Crippen molar-refractivity contribution in [2.24, 2.45) is 0 Å². The van der Waals surface area contributed by atoms with Crippen molar-refractivity contribution in [1.82, 2.24) is 15.3 Å². The van der Waals surface area contributed by atoms with Crippen LogP contribution in [-0.4, -0.2) is 23.6 Å². The second kappa shape index (κ2) is 4.26. The number of nitrogens with one attached hydrogen (secondary N) is 1. The van der Waals surface area contributed by atoms with E-state index < -0.39 is 0 Å². The third-order valence-corrected chi connectivity index (χ3v) is 1.47. The van der Waals surface area contributed by atoms with Gasteiger partial charge in [0.25, 0.3) is 0 Å². The first kappa shape index (κ1) is 8.43. The molecule has 0 spiro atoms. The number of rotatable bonds is 3. The minimum absolute atomic E-state index is 0.582. The van der Waals surface area contributed by atoms with Crippen molar-refractivity contribution in [3.63, 3.8) is 0 Å². The average molecular weight is 172 g/mol. The van der Waals surface area contributed by atoms with Crippen LogP contribution in [0.2, 0.25) is 5.02 Å². The highest BCUT2D eigenvalue weighted by Gasteiger charge is 1.93. The van der Waals surface area contributed by atoms with Crippen LogP contribution in [0.15, 0.2) is 12.4 Å². The number of nitrogens with zero attached hydrogens (tertiary/aromatic N) is 2. The van der Waals surface area contributed by atoms with Gasteiger partial charge in [-0.3, -0.25) is 0 Å². The predicted octanol–water partition coefficient (Wildman–Crippen LogP) is 0.892. The Morgan fingerprint density at radius 3 is 2.64 bits per heavy atom. The molecule has 0 bridgehead atoms. The van der Waals surface area contributed by atoms with Crippen LogP contribution in [0.25, 0.3) is 0 Å². The summed E-state index contributed by atoms with van der Waals surface area (Å²) < 4.78 is 0. The van der Waals surface area contributed by atoms with E-state index in [1.807, 2.05) is 7.05 Å². The standard InChI is InChI=1S/C7H10ClN3/c1-9-3-2-7-10-4-6(8)5-11-7/h4-5,9H,2-3H2,1H3. The Balaban J connectivity index is 2.52. The van der Waals surface area contributed by atoms with Gasteiger partial charge >= 0.3 is 0 Å². The highest BCUT2D eigenvalue weighted by molar-refractivity contribution is 6.30. The maximum Gasteiger partial charge on any atom is 0.129 e. The summed E-state index contributed by atoms with van der Waals surface area (Å²) in [5, 5.41) is 3.60. The van der Waals surface area contributed by atoms with Crippen molar-refractivity contribution in [3.8, 4) is 0 Å². The molecule has 1 heterocycles. The number of halogens is 1.